The molecule has 3 amide bonds. The fourth-order valence-corrected chi connectivity index (χ4v) is 3.03. The Kier molecular flexibility index (Phi) is 6.66. The number of hydrazine groups is 1. The zero-order valence-electron chi connectivity index (χ0n) is 16.6. The summed E-state index contributed by atoms with van der Waals surface area (Å²) in [5, 5.41) is 2.62. The molecule has 0 aliphatic heterocycles. The van der Waals surface area contributed by atoms with Gasteiger partial charge in [0.2, 0.25) is 0 Å². The molecule has 0 fully saturated rings. The summed E-state index contributed by atoms with van der Waals surface area (Å²) >= 11 is 3.28. The van der Waals surface area contributed by atoms with Crippen LogP contribution < -0.4 is 16.2 Å². The van der Waals surface area contributed by atoms with E-state index in [4.69, 9.17) is 0 Å². The minimum Gasteiger partial charge on any atom is -0.345 e. The lowest BCUT2D eigenvalue weighted by atomic mass is 9.86. The van der Waals surface area contributed by atoms with Crippen molar-refractivity contribution in [1.29, 1.82) is 0 Å². The molecule has 0 bridgehead atoms. The second kappa shape index (κ2) is 8.60. The van der Waals surface area contributed by atoms with Gasteiger partial charge in [-0.2, -0.15) is 0 Å². The number of rotatable bonds is 4. The Morgan fingerprint density at radius 2 is 1.64 bits per heavy atom. The summed E-state index contributed by atoms with van der Waals surface area (Å²) in [4.78, 5) is 36.6. The number of carbonyl (C=O) groups excluding carboxylic acids is 3. The maximum atomic E-state index is 12.3. The highest BCUT2D eigenvalue weighted by Crippen LogP contribution is 2.22. The van der Waals surface area contributed by atoms with Gasteiger partial charge in [0.1, 0.15) is 11.7 Å². The van der Waals surface area contributed by atoms with Gasteiger partial charge in [0.05, 0.1) is 0 Å². The third-order valence-electron chi connectivity index (χ3n) is 4.26. The van der Waals surface area contributed by atoms with Gasteiger partial charge in [-0.05, 0) is 52.0 Å². The van der Waals surface area contributed by atoms with Gasteiger partial charge in [-0.25, -0.2) is 0 Å². The van der Waals surface area contributed by atoms with Crippen LogP contribution in [-0.4, -0.2) is 28.3 Å². The highest BCUT2D eigenvalue weighted by Gasteiger charge is 2.19. The topological polar surface area (TPSA) is 92.2 Å². The molecule has 0 radical (unpaired) electrons. The maximum Gasteiger partial charge on any atom is 0.286 e. The first-order valence-electron chi connectivity index (χ1n) is 8.82. The summed E-state index contributed by atoms with van der Waals surface area (Å²) < 4.78 is 2.38. The second-order valence-electron chi connectivity index (χ2n) is 7.62. The minimum atomic E-state index is -0.824. The fourth-order valence-electron chi connectivity index (χ4n) is 2.51. The first-order chi connectivity index (χ1) is 13.0. The number of hydrogen-bond donors (Lipinski definition) is 3. The number of aromatic nitrogens is 1. The van der Waals surface area contributed by atoms with E-state index in [1.54, 1.807) is 42.9 Å². The molecule has 2 rings (SSSR count). The van der Waals surface area contributed by atoms with Crippen molar-refractivity contribution in [3.8, 4) is 0 Å². The first kappa shape index (κ1) is 21.7. The van der Waals surface area contributed by atoms with E-state index in [0.29, 0.717) is 11.3 Å². The monoisotopic (exact) mass is 448 g/mol. The Hall–Kier alpha value is -2.61. The molecule has 0 aliphatic rings. The van der Waals surface area contributed by atoms with Crippen molar-refractivity contribution in [2.75, 3.05) is 0 Å². The standard InChI is InChI=1S/C20H25BrN4O3/c1-12(17(26)23-24-19(28)16-10-15(21)11-25(16)5)22-18(27)13-6-8-14(9-7-13)20(2,3)4/h6-12H,1-5H3,(H,22,27)(H,23,26)(H,24,28)/t12-/m0/s1. The van der Waals surface area contributed by atoms with E-state index in [1.165, 1.54) is 0 Å². The molecule has 1 heterocycles. The average Bonchev–Trinajstić information content (AvgIpc) is 2.96. The van der Waals surface area contributed by atoms with Crippen molar-refractivity contribution in [1.82, 2.24) is 20.7 Å². The van der Waals surface area contributed by atoms with Gasteiger partial charge >= 0.3 is 0 Å². The molecule has 0 saturated heterocycles. The van der Waals surface area contributed by atoms with Gasteiger partial charge < -0.3 is 9.88 Å². The summed E-state index contributed by atoms with van der Waals surface area (Å²) in [5.74, 6) is -1.35. The summed E-state index contributed by atoms with van der Waals surface area (Å²) in [6, 6.07) is 8.07. The Morgan fingerprint density at radius 1 is 1.04 bits per heavy atom. The van der Waals surface area contributed by atoms with Crippen molar-refractivity contribution in [3.05, 3.63) is 57.8 Å². The molecule has 150 valence electrons. The van der Waals surface area contributed by atoms with Gasteiger partial charge in [0, 0.05) is 23.3 Å². The van der Waals surface area contributed by atoms with Crippen LogP contribution in [0.5, 0.6) is 0 Å². The smallest absolute Gasteiger partial charge is 0.286 e. The second-order valence-corrected chi connectivity index (χ2v) is 8.54. The van der Waals surface area contributed by atoms with Crippen LogP contribution in [0.3, 0.4) is 0 Å². The predicted octanol–water partition coefficient (Wildman–Crippen LogP) is 2.66. The molecule has 7 nitrogen and oxygen atoms in total. The Morgan fingerprint density at radius 3 is 2.14 bits per heavy atom. The molecular weight excluding hydrogens is 424 g/mol. The van der Waals surface area contributed by atoms with Crippen molar-refractivity contribution in [2.45, 2.75) is 39.2 Å². The van der Waals surface area contributed by atoms with Crippen LogP contribution in [0, 0.1) is 0 Å². The SMILES string of the molecule is C[C@H](NC(=O)c1ccc(C(C)(C)C)cc1)C(=O)NNC(=O)c1cc(Br)cn1C. The Bertz CT molecular complexity index is 882. The van der Waals surface area contributed by atoms with Gasteiger partial charge in [-0.1, -0.05) is 32.9 Å². The number of halogens is 1. The molecule has 3 N–H and O–H groups in total. The van der Waals surface area contributed by atoms with Crippen molar-refractivity contribution in [2.24, 2.45) is 7.05 Å². The maximum absolute atomic E-state index is 12.3. The molecule has 0 spiro atoms. The summed E-state index contributed by atoms with van der Waals surface area (Å²) in [6.45, 7) is 7.83. The summed E-state index contributed by atoms with van der Waals surface area (Å²) in [6.07, 6.45) is 1.73. The number of nitrogens with zero attached hydrogens (tertiary/aromatic N) is 1. The van der Waals surface area contributed by atoms with Crippen LogP contribution in [0.2, 0.25) is 0 Å². The lowest BCUT2D eigenvalue weighted by molar-refractivity contribution is -0.123. The predicted molar refractivity (Wildman–Crippen MR) is 111 cm³/mol. The molecule has 1 atom stereocenters. The fraction of sp³-hybridized carbons (Fsp3) is 0.350. The molecule has 8 heteroatoms. The van der Waals surface area contributed by atoms with Crippen LogP contribution in [-0.2, 0) is 17.3 Å². The number of amides is 3. The number of benzene rings is 1. The lowest BCUT2D eigenvalue weighted by Crippen LogP contribution is -2.51. The van der Waals surface area contributed by atoms with Crippen LogP contribution in [0.25, 0.3) is 0 Å². The van der Waals surface area contributed by atoms with E-state index in [0.717, 1.165) is 10.0 Å². The molecule has 0 saturated carbocycles. The van der Waals surface area contributed by atoms with E-state index < -0.39 is 17.9 Å². The van der Waals surface area contributed by atoms with E-state index in [9.17, 15) is 14.4 Å². The highest BCUT2D eigenvalue weighted by atomic mass is 79.9. The Balaban J connectivity index is 1.90. The summed E-state index contributed by atoms with van der Waals surface area (Å²) in [7, 11) is 1.72. The van der Waals surface area contributed by atoms with Crippen LogP contribution >= 0.6 is 15.9 Å². The Labute approximate surface area is 173 Å². The van der Waals surface area contributed by atoms with Crippen LogP contribution in [0.4, 0.5) is 0 Å². The number of aryl methyl sites for hydroxylation is 1. The number of nitrogens with one attached hydrogen (secondary N) is 3. The third kappa shape index (κ3) is 5.45. The van der Waals surface area contributed by atoms with Crippen LogP contribution in [0.15, 0.2) is 41.0 Å². The van der Waals surface area contributed by atoms with Gasteiger partial charge in [-0.15, -0.1) is 0 Å². The summed E-state index contributed by atoms with van der Waals surface area (Å²) in [5.41, 5.74) is 6.61. The molecule has 1 aromatic heterocycles. The van der Waals surface area contributed by atoms with Gasteiger partial charge in [0.25, 0.3) is 17.7 Å². The van der Waals surface area contributed by atoms with E-state index >= 15 is 0 Å². The largest absolute Gasteiger partial charge is 0.345 e. The van der Waals surface area contributed by atoms with Gasteiger partial charge in [0.15, 0.2) is 0 Å². The minimum absolute atomic E-state index is 0.00563. The van der Waals surface area contributed by atoms with Crippen molar-refractivity contribution < 1.29 is 14.4 Å². The molecule has 0 unspecified atom stereocenters. The van der Waals surface area contributed by atoms with Crippen molar-refractivity contribution >= 4 is 33.7 Å². The van der Waals surface area contributed by atoms with E-state index in [2.05, 4.69) is 52.9 Å². The molecule has 28 heavy (non-hydrogen) atoms. The highest BCUT2D eigenvalue weighted by molar-refractivity contribution is 9.10. The normalized spacial score (nSPS) is 12.2. The molecule has 0 aliphatic carbocycles. The molecular formula is C20H25BrN4O3. The lowest BCUT2D eigenvalue weighted by Gasteiger charge is -2.19. The van der Waals surface area contributed by atoms with E-state index in [1.807, 2.05) is 12.1 Å². The average molecular weight is 449 g/mol. The van der Waals surface area contributed by atoms with E-state index in [-0.39, 0.29) is 11.3 Å². The quantitative estimate of drug-likeness (QED) is 0.627. The first-order valence-corrected chi connectivity index (χ1v) is 9.62. The third-order valence-corrected chi connectivity index (χ3v) is 4.69. The molecule has 2 aromatic rings. The zero-order chi connectivity index (χ0) is 21.1. The number of hydrogen-bond acceptors (Lipinski definition) is 3. The van der Waals surface area contributed by atoms with Crippen molar-refractivity contribution in [3.63, 3.8) is 0 Å². The zero-order valence-corrected chi connectivity index (χ0v) is 18.2. The van der Waals surface area contributed by atoms with Crippen LogP contribution in [0.1, 0.15) is 54.1 Å². The molecule has 1 aromatic carbocycles. The van der Waals surface area contributed by atoms with Gasteiger partial charge in [-0.3, -0.25) is 25.2 Å². The number of carbonyl (C=O) groups is 3.